The Morgan fingerprint density at radius 1 is 1.17 bits per heavy atom. The van der Waals surface area contributed by atoms with Crippen LogP contribution in [0.15, 0.2) is 23.0 Å². The van der Waals surface area contributed by atoms with Gasteiger partial charge in [0.2, 0.25) is 0 Å². The fourth-order valence-corrected chi connectivity index (χ4v) is 3.68. The highest BCUT2D eigenvalue weighted by molar-refractivity contribution is 5.82. The van der Waals surface area contributed by atoms with E-state index in [4.69, 9.17) is 15.2 Å². The molecule has 8 nitrogen and oxygen atoms in total. The number of carbonyl (C=O) groups excluding carboxylic acids is 1. The number of H-pyrrole nitrogens is 1. The molecule has 8 heteroatoms. The maximum atomic E-state index is 12.5. The third-order valence-electron chi connectivity index (χ3n) is 5.15. The standard InChI is InChI=1S/C22H22N4O4/c1-2-29-18-10-14(19-15(11-23)20(25)26-21(27)16(19)12-24)8-9-17(18)30-22(28)13-6-4-3-5-7-13/h8-10,13H,2-7H2,1H3,(H3,25,26,27). The summed E-state index contributed by atoms with van der Waals surface area (Å²) in [6, 6.07) is 8.42. The van der Waals surface area contributed by atoms with Gasteiger partial charge in [-0.2, -0.15) is 10.5 Å². The number of carbonyl (C=O) groups is 1. The van der Waals surface area contributed by atoms with Crippen LogP contribution in [-0.2, 0) is 4.79 Å². The van der Waals surface area contributed by atoms with Crippen molar-refractivity contribution in [1.29, 1.82) is 10.5 Å². The molecule has 154 valence electrons. The summed E-state index contributed by atoms with van der Waals surface area (Å²) in [4.78, 5) is 27.0. The molecule has 3 rings (SSSR count). The molecule has 1 aliphatic carbocycles. The van der Waals surface area contributed by atoms with Crippen LogP contribution >= 0.6 is 0 Å². The Morgan fingerprint density at radius 2 is 1.87 bits per heavy atom. The molecule has 0 spiro atoms. The highest BCUT2D eigenvalue weighted by Gasteiger charge is 2.25. The van der Waals surface area contributed by atoms with Gasteiger partial charge in [-0.05, 0) is 37.5 Å². The van der Waals surface area contributed by atoms with E-state index in [2.05, 4.69) is 4.98 Å². The zero-order valence-electron chi connectivity index (χ0n) is 16.7. The van der Waals surface area contributed by atoms with Gasteiger partial charge in [0.05, 0.1) is 12.5 Å². The molecule has 0 amide bonds. The first-order valence-electron chi connectivity index (χ1n) is 9.85. The normalized spacial score (nSPS) is 13.8. The zero-order valence-corrected chi connectivity index (χ0v) is 16.7. The molecule has 1 aromatic carbocycles. The Hall–Kier alpha value is -3.78. The summed E-state index contributed by atoms with van der Waals surface area (Å²) in [5.74, 6) is -0.00551. The molecule has 0 bridgehead atoms. The first-order valence-corrected chi connectivity index (χ1v) is 9.85. The van der Waals surface area contributed by atoms with Crippen molar-refractivity contribution in [1.82, 2.24) is 4.98 Å². The third kappa shape index (κ3) is 4.13. The largest absolute Gasteiger partial charge is 0.490 e. The van der Waals surface area contributed by atoms with Crippen molar-refractivity contribution in [2.75, 3.05) is 12.3 Å². The second kappa shape index (κ2) is 9.15. The minimum Gasteiger partial charge on any atom is -0.490 e. The fourth-order valence-electron chi connectivity index (χ4n) is 3.68. The number of anilines is 1. The molecule has 1 heterocycles. The van der Waals surface area contributed by atoms with Crippen LogP contribution in [0.4, 0.5) is 5.82 Å². The number of aromatic amines is 1. The fraction of sp³-hybridized carbons (Fsp3) is 0.364. The summed E-state index contributed by atoms with van der Waals surface area (Å²) in [6.07, 6.45) is 4.77. The number of nitriles is 2. The number of rotatable bonds is 5. The number of nitrogens with one attached hydrogen (secondary N) is 1. The van der Waals surface area contributed by atoms with Crippen LogP contribution in [0, 0.1) is 28.6 Å². The first-order chi connectivity index (χ1) is 14.5. The van der Waals surface area contributed by atoms with Crippen molar-refractivity contribution >= 4 is 11.8 Å². The monoisotopic (exact) mass is 406 g/mol. The van der Waals surface area contributed by atoms with Crippen molar-refractivity contribution in [3.05, 3.63) is 39.7 Å². The van der Waals surface area contributed by atoms with E-state index < -0.39 is 5.56 Å². The number of nitrogen functional groups attached to an aromatic ring is 1. The molecule has 0 radical (unpaired) electrons. The highest BCUT2D eigenvalue weighted by Crippen LogP contribution is 2.37. The molecule has 0 saturated heterocycles. The van der Waals surface area contributed by atoms with Crippen molar-refractivity contribution in [3.8, 4) is 34.8 Å². The van der Waals surface area contributed by atoms with Crippen LogP contribution in [0.25, 0.3) is 11.1 Å². The number of nitrogens with zero attached hydrogens (tertiary/aromatic N) is 2. The van der Waals surface area contributed by atoms with E-state index in [1.54, 1.807) is 25.1 Å². The number of ether oxygens (including phenoxy) is 2. The Morgan fingerprint density at radius 3 is 2.50 bits per heavy atom. The number of hydrogen-bond donors (Lipinski definition) is 2. The molecule has 0 unspecified atom stereocenters. The van der Waals surface area contributed by atoms with Gasteiger partial charge >= 0.3 is 5.97 Å². The third-order valence-corrected chi connectivity index (χ3v) is 5.15. The lowest BCUT2D eigenvalue weighted by Gasteiger charge is -2.21. The average molecular weight is 406 g/mol. The number of benzene rings is 1. The van der Waals surface area contributed by atoms with Gasteiger partial charge in [0.25, 0.3) is 5.56 Å². The molecule has 3 N–H and O–H groups in total. The minimum absolute atomic E-state index is 0.0134. The summed E-state index contributed by atoms with van der Waals surface area (Å²) < 4.78 is 11.2. The van der Waals surface area contributed by atoms with E-state index in [1.165, 1.54) is 0 Å². The van der Waals surface area contributed by atoms with E-state index in [1.807, 2.05) is 12.1 Å². The van der Waals surface area contributed by atoms with E-state index >= 15 is 0 Å². The zero-order chi connectivity index (χ0) is 21.7. The summed E-state index contributed by atoms with van der Waals surface area (Å²) >= 11 is 0. The summed E-state index contributed by atoms with van der Waals surface area (Å²) in [7, 11) is 0. The van der Waals surface area contributed by atoms with Gasteiger partial charge in [-0.3, -0.25) is 9.59 Å². The predicted octanol–water partition coefficient (Wildman–Crippen LogP) is 3.25. The number of hydrogen-bond acceptors (Lipinski definition) is 7. The van der Waals surface area contributed by atoms with Gasteiger partial charge in [-0.15, -0.1) is 0 Å². The first kappa shape index (κ1) is 20.9. The second-order valence-corrected chi connectivity index (χ2v) is 7.07. The number of aromatic nitrogens is 1. The topological polar surface area (TPSA) is 142 Å². The Balaban J connectivity index is 2.04. The van der Waals surface area contributed by atoms with Crippen molar-refractivity contribution in [2.45, 2.75) is 39.0 Å². The predicted molar refractivity (Wildman–Crippen MR) is 110 cm³/mol. The summed E-state index contributed by atoms with van der Waals surface area (Å²) in [5, 5.41) is 18.9. The summed E-state index contributed by atoms with van der Waals surface area (Å²) in [5.41, 5.74) is 5.36. The van der Waals surface area contributed by atoms with Crippen molar-refractivity contribution < 1.29 is 14.3 Å². The lowest BCUT2D eigenvalue weighted by atomic mass is 9.89. The van der Waals surface area contributed by atoms with Gasteiger partial charge in [0, 0.05) is 5.56 Å². The van der Waals surface area contributed by atoms with Gasteiger partial charge in [0.1, 0.15) is 29.1 Å². The molecular weight excluding hydrogens is 384 g/mol. The van der Waals surface area contributed by atoms with Crippen LogP contribution in [-0.4, -0.2) is 17.6 Å². The van der Waals surface area contributed by atoms with E-state index in [0.717, 1.165) is 32.1 Å². The Bertz CT molecular complexity index is 1100. The van der Waals surface area contributed by atoms with E-state index in [-0.39, 0.29) is 45.9 Å². The van der Waals surface area contributed by atoms with Gasteiger partial charge in [-0.25, -0.2) is 0 Å². The van der Waals surface area contributed by atoms with Gasteiger partial charge in [-0.1, -0.05) is 25.3 Å². The van der Waals surface area contributed by atoms with Crippen LogP contribution < -0.4 is 20.8 Å². The van der Waals surface area contributed by atoms with E-state index in [0.29, 0.717) is 12.2 Å². The average Bonchev–Trinajstić information content (AvgIpc) is 2.75. The van der Waals surface area contributed by atoms with Crippen molar-refractivity contribution in [3.63, 3.8) is 0 Å². The second-order valence-electron chi connectivity index (χ2n) is 7.07. The Labute approximate surface area is 173 Å². The molecule has 0 atom stereocenters. The number of pyridine rings is 1. The van der Waals surface area contributed by atoms with Crippen molar-refractivity contribution in [2.24, 2.45) is 5.92 Å². The van der Waals surface area contributed by atoms with Gasteiger partial charge < -0.3 is 20.2 Å². The van der Waals surface area contributed by atoms with Crippen LogP contribution in [0.3, 0.4) is 0 Å². The van der Waals surface area contributed by atoms with Crippen LogP contribution in [0.1, 0.15) is 50.2 Å². The lowest BCUT2D eigenvalue weighted by molar-refractivity contribution is -0.140. The molecule has 2 aromatic rings. The molecule has 1 aliphatic rings. The molecule has 30 heavy (non-hydrogen) atoms. The molecule has 1 saturated carbocycles. The van der Waals surface area contributed by atoms with Crippen LogP contribution in [0.5, 0.6) is 11.5 Å². The molecule has 1 aromatic heterocycles. The minimum atomic E-state index is -0.685. The SMILES string of the molecule is CCOc1cc(-c2c(C#N)c(N)[nH]c(=O)c2C#N)ccc1OC(=O)C1CCCCC1. The highest BCUT2D eigenvalue weighted by atomic mass is 16.6. The Kier molecular flexibility index (Phi) is 6.38. The molecule has 1 fully saturated rings. The van der Waals surface area contributed by atoms with E-state index in [9.17, 15) is 20.1 Å². The summed E-state index contributed by atoms with van der Waals surface area (Å²) in [6.45, 7) is 2.09. The quantitative estimate of drug-likeness (QED) is 0.573. The smallest absolute Gasteiger partial charge is 0.314 e. The lowest BCUT2D eigenvalue weighted by Crippen LogP contribution is -2.23. The number of nitrogens with two attached hydrogens (primary N) is 1. The number of esters is 1. The molecule has 0 aliphatic heterocycles. The maximum Gasteiger partial charge on any atom is 0.314 e. The van der Waals surface area contributed by atoms with Gasteiger partial charge in [0.15, 0.2) is 11.5 Å². The maximum absolute atomic E-state index is 12.5. The van der Waals surface area contributed by atoms with Crippen LogP contribution in [0.2, 0.25) is 0 Å². The molecular formula is C22H22N4O4.